The lowest BCUT2D eigenvalue weighted by atomic mass is 9.78. The summed E-state index contributed by atoms with van der Waals surface area (Å²) in [4.78, 5) is 82.3. The maximum atomic E-state index is 14.0. The number of ether oxygens (including phenoxy) is 2. The van der Waals surface area contributed by atoms with E-state index in [0.29, 0.717) is 132 Å². The highest BCUT2D eigenvalue weighted by Crippen LogP contribution is 2.60. The van der Waals surface area contributed by atoms with Gasteiger partial charge in [-0.25, -0.2) is 0 Å². The minimum atomic E-state index is -0.836. The number of allylic oxidation sites excluding steroid dienone is 2. The molecule has 18 heteroatoms. The van der Waals surface area contributed by atoms with Gasteiger partial charge in [-0.1, -0.05) is 23.3 Å². The van der Waals surface area contributed by atoms with E-state index in [2.05, 4.69) is 35.1 Å². The van der Waals surface area contributed by atoms with Crippen molar-refractivity contribution in [2.24, 2.45) is 0 Å². The first-order valence-corrected chi connectivity index (χ1v) is 28.6. The van der Waals surface area contributed by atoms with Gasteiger partial charge in [0.05, 0.1) is 108 Å². The fraction of sp³-hybridized carbons (Fsp3) is 0.324. The summed E-state index contributed by atoms with van der Waals surface area (Å²) in [6.45, 7) is 17.0. The summed E-state index contributed by atoms with van der Waals surface area (Å²) >= 11 is 0. The van der Waals surface area contributed by atoms with Crippen LogP contribution in [0.25, 0.3) is 98.3 Å². The Morgan fingerprint density at radius 3 is 1.12 bits per heavy atom. The molecule has 2 aliphatic carbocycles. The molecule has 10 aromatic carbocycles. The second-order valence-corrected chi connectivity index (χ2v) is 25.0. The normalized spacial score (nSPS) is 19.0. The smallest absolute Gasteiger partial charge is 0.190 e. The predicted octanol–water partition coefficient (Wildman–Crippen LogP) is 9.38. The molecule has 4 aliphatic rings. The van der Waals surface area contributed by atoms with Crippen molar-refractivity contribution in [3.8, 4) is 23.0 Å². The molecule has 0 amide bonds. The van der Waals surface area contributed by atoms with Gasteiger partial charge < -0.3 is 61.4 Å². The first-order chi connectivity index (χ1) is 40.7. The molecule has 440 valence electrons. The molecule has 2 heterocycles. The zero-order valence-corrected chi connectivity index (χ0v) is 49.6. The lowest BCUT2D eigenvalue weighted by Crippen LogP contribution is -2.50. The molecule has 2 aliphatic heterocycles. The fourth-order valence-corrected chi connectivity index (χ4v) is 15.1. The second-order valence-electron chi connectivity index (χ2n) is 25.0. The van der Waals surface area contributed by atoms with Crippen LogP contribution in [0.15, 0.2) is 54.6 Å². The zero-order valence-electron chi connectivity index (χ0n) is 49.6. The van der Waals surface area contributed by atoms with Gasteiger partial charge in [0.15, 0.2) is 44.7 Å². The summed E-state index contributed by atoms with van der Waals surface area (Å²) in [7, 11) is 2.77. The second kappa shape index (κ2) is 18.8. The van der Waals surface area contributed by atoms with Crippen molar-refractivity contribution < 1.29 is 49.7 Å². The van der Waals surface area contributed by atoms with E-state index in [1.54, 1.807) is 0 Å². The van der Waals surface area contributed by atoms with Crippen LogP contribution in [0, 0.1) is 0 Å². The Labute approximate surface area is 490 Å². The van der Waals surface area contributed by atoms with Crippen LogP contribution in [0.3, 0.4) is 0 Å². The molecule has 4 atom stereocenters. The summed E-state index contributed by atoms with van der Waals surface area (Å²) in [6.07, 6.45) is 3.86. The fourth-order valence-electron chi connectivity index (χ4n) is 15.1. The van der Waals surface area contributed by atoms with Crippen LogP contribution in [-0.2, 0) is 36.0 Å². The Morgan fingerprint density at radius 1 is 0.453 bits per heavy atom. The highest BCUT2D eigenvalue weighted by Gasteiger charge is 2.43. The Kier molecular flexibility index (Phi) is 12.3. The van der Waals surface area contributed by atoms with Gasteiger partial charge in [-0.2, -0.15) is 0 Å². The van der Waals surface area contributed by atoms with Crippen LogP contribution in [0.2, 0.25) is 0 Å². The number of methoxy groups -OCH3 is 2. The third-order valence-electron chi connectivity index (χ3n) is 19.4. The predicted molar refractivity (Wildman–Crippen MR) is 339 cm³/mol. The molecule has 86 heavy (non-hydrogen) atoms. The van der Waals surface area contributed by atoms with Crippen LogP contribution in [0.5, 0.6) is 23.0 Å². The minimum absolute atomic E-state index is 0.0113. The molecule has 4 unspecified atom stereocenters. The number of carbonyl (C=O) groups excluding carboxylic acids is 2. The maximum Gasteiger partial charge on any atom is 0.190 e. The molecule has 10 aromatic rings. The number of Topliss-reactive ketones (excluding diaryl/α,β-unsaturated/α-hetero) is 2. The van der Waals surface area contributed by atoms with Gasteiger partial charge in [0, 0.05) is 66.7 Å². The van der Waals surface area contributed by atoms with Crippen molar-refractivity contribution in [3.63, 3.8) is 0 Å². The molecule has 0 bridgehead atoms. The molecular weight excluding hydrogens is 1100 g/mol. The number of carbonyl (C=O) groups is 2. The topological polar surface area (TPSA) is 290 Å². The van der Waals surface area contributed by atoms with Gasteiger partial charge in [0.2, 0.25) is 0 Å². The van der Waals surface area contributed by atoms with Crippen molar-refractivity contribution in [2.75, 3.05) is 35.5 Å². The van der Waals surface area contributed by atoms with Gasteiger partial charge in [0.25, 0.3) is 0 Å². The van der Waals surface area contributed by atoms with Crippen LogP contribution in [0.1, 0.15) is 126 Å². The van der Waals surface area contributed by atoms with Gasteiger partial charge in [-0.3, -0.25) is 28.8 Å². The number of phenolic OH excluding ortho intramolecular Hbond substituents is 2. The molecule has 0 fully saturated rings. The number of aromatic hydroxyl groups is 2. The molecular formula is C68H64N4O14. The minimum Gasteiger partial charge on any atom is -0.504 e. The summed E-state index contributed by atoms with van der Waals surface area (Å²) in [6, 6.07) is 5.22. The lowest BCUT2D eigenvalue weighted by molar-refractivity contribution is -0.118. The summed E-state index contributed by atoms with van der Waals surface area (Å²) in [5, 5.41) is 86.8. The molecule has 10 N–H and O–H groups in total. The number of aliphatic hydroxyl groups excluding tert-OH is 4. The van der Waals surface area contributed by atoms with Crippen LogP contribution >= 0.6 is 0 Å². The number of hydrogen-bond donors (Lipinski definition) is 10. The number of benzene rings is 10. The van der Waals surface area contributed by atoms with Gasteiger partial charge in [0.1, 0.15) is 11.6 Å². The highest BCUT2D eigenvalue weighted by molar-refractivity contribution is 6.42. The SMILES string of the molecule is COc1c(O)c2c(=O)cc(CO)c3c4c(CO)cc(=O)c5c6c(c7c(c(c1C(C(C)=O)C(C)=C7)c23)c54)NC(C)(C)C(C)N6.COc1c(O)c2c(=O)cc(CO)c3c4c(CO)cc(=O)c5c6c(c7c(c(c1C(C(C)=O)C(C)=C7)c23)c54)NC(C)C(C)(C)N6. The number of aliphatic hydroxyl groups is 4. The Morgan fingerprint density at radius 2 is 0.767 bits per heavy atom. The average molecular weight is 1160 g/mol. The van der Waals surface area contributed by atoms with Crippen molar-refractivity contribution in [3.05, 3.63) is 121 Å². The van der Waals surface area contributed by atoms with E-state index in [-0.39, 0.29) is 67.9 Å². The molecule has 0 saturated carbocycles. The van der Waals surface area contributed by atoms with E-state index in [4.69, 9.17) is 9.47 Å². The molecule has 0 spiro atoms. The van der Waals surface area contributed by atoms with Gasteiger partial charge in [-0.15, -0.1) is 0 Å². The standard InChI is InChI=1S/2C34H32N2O7/c1-12-7-17-23-26-21(15(10-37)8-18(40)24(26)31-30(17)36-34(4,5)14(3)35-31)22-16(11-38)9-19(41)25-27(22)28(23)29(20(12)13(2)39)33(43-6)32(25)42;1-12-7-17-23-26-21(15(10-37)8-18(40)24(26)31-30(17)35-14(3)34(4,5)36-31)22-16(11-38)9-19(41)25-27(22)28(23)29(20(12)13(2)39)33(43-6)32(25)42/h2*7-9,14,20,35-38,42H,10-11H2,1-6H3. The molecule has 0 radical (unpaired) electrons. The molecule has 14 rings (SSSR count). The van der Waals surface area contributed by atoms with E-state index in [9.17, 15) is 59.4 Å². The molecule has 18 nitrogen and oxygen atoms in total. The number of rotatable bonds is 8. The molecule has 0 aromatic heterocycles. The third-order valence-corrected chi connectivity index (χ3v) is 19.4. The quantitative estimate of drug-likeness (QED) is 0.0501. The first kappa shape index (κ1) is 56.2. The number of fused-ring (bicyclic) bond motifs is 8. The Balaban J connectivity index is 0.000000160. The van der Waals surface area contributed by atoms with Crippen molar-refractivity contribution >= 4 is 133 Å². The van der Waals surface area contributed by atoms with E-state index in [1.165, 1.54) is 52.3 Å². The number of phenols is 2. The Bertz CT molecular complexity index is 5110. The van der Waals surface area contributed by atoms with Gasteiger partial charge >= 0.3 is 0 Å². The zero-order chi connectivity index (χ0) is 61.7. The summed E-state index contributed by atoms with van der Waals surface area (Å²) < 4.78 is 11.5. The van der Waals surface area contributed by atoms with Crippen LogP contribution < -0.4 is 52.5 Å². The van der Waals surface area contributed by atoms with Crippen molar-refractivity contribution in [1.29, 1.82) is 0 Å². The number of anilines is 4. The number of ketones is 2. The third kappa shape index (κ3) is 7.08. The van der Waals surface area contributed by atoms with E-state index < -0.39 is 71.7 Å². The Hall–Kier alpha value is -8.94. The maximum absolute atomic E-state index is 14.0. The number of nitrogens with one attached hydrogen (secondary N) is 4. The highest BCUT2D eigenvalue weighted by atomic mass is 16.5. The van der Waals surface area contributed by atoms with E-state index in [1.807, 2.05) is 53.7 Å². The van der Waals surface area contributed by atoms with Crippen LogP contribution in [0.4, 0.5) is 22.7 Å². The lowest BCUT2D eigenvalue weighted by Gasteiger charge is -2.42. The average Bonchev–Trinajstić information content (AvgIpc) is 1.08. The van der Waals surface area contributed by atoms with E-state index in [0.717, 1.165) is 11.1 Å². The number of hydrogen-bond acceptors (Lipinski definition) is 18. The van der Waals surface area contributed by atoms with E-state index >= 15 is 0 Å². The van der Waals surface area contributed by atoms with Gasteiger partial charge in [-0.05, 0) is 148 Å². The van der Waals surface area contributed by atoms with Crippen molar-refractivity contribution in [2.45, 2.75) is 131 Å². The van der Waals surface area contributed by atoms with Crippen molar-refractivity contribution in [1.82, 2.24) is 0 Å². The first-order valence-electron chi connectivity index (χ1n) is 28.6. The summed E-state index contributed by atoms with van der Waals surface area (Å²) in [5.74, 6) is -2.82. The molecule has 0 saturated heterocycles. The largest absolute Gasteiger partial charge is 0.504 e. The van der Waals surface area contributed by atoms with Crippen LogP contribution in [-0.4, -0.2) is 79.6 Å². The monoisotopic (exact) mass is 1160 g/mol. The summed E-state index contributed by atoms with van der Waals surface area (Å²) in [5.41, 5.74) is 4.94.